The number of rotatable bonds is 4. The first-order chi connectivity index (χ1) is 6.67. The van der Waals surface area contributed by atoms with Crippen LogP contribution in [0, 0.1) is 5.82 Å². The summed E-state index contributed by atoms with van der Waals surface area (Å²) < 4.78 is 17.8. The predicted octanol–water partition coefficient (Wildman–Crippen LogP) is 0.696. The number of halogens is 1. The van der Waals surface area contributed by atoms with E-state index >= 15 is 0 Å². The van der Waals surface area contributed by atoms with Crippen LogP contribution in [0.2, 0.25) is 0 Å². The van der Waals surface area contributed by atoms with E-state index in [1.165, 1.54) is 13.2 Å². The number of ether oxygens (including phenoxy) is 1. The largest absolute Gasteiger partial charge is 0.494 e. The van der Waals surface area contributed by atoms with Crippen molar-refractivity contribution in [2.45, 2.75) is 12.5 Å². The van der Waals surface area contributed by atoms with Crippen LogP contribution in [-0.2, 0) is 6.42 Å². The maximum Gasteiger partial charge on any atom is 0.165 e. The third-order valence-electron chi connectivity index (χ3n) is 1.95. The molecule has 0 aromatic heterocycles. The summed E-state index contributed by atoms with van der Waals surface area (Å²) in [4.78, 5) is 0. The molecule has 0 saturated heterocycles. The second kappa shape index (κ2) is 4.93. The molecule has 0 aliphatic heterocycles. The molecule has 78 valence electrons. The Morgan fingerprint density at radius 1 is 1.57 bits per heavy atom. The SMILES string of the molecule is COc1cc(CC(N)CO)ccc1F. The summed E-state index contributed by atoms with van der Waals surface area (Å²) in [6.45, 7) is -0.0836. The Bertz CT molecular complexity index is 304. The van der Waals surface area contributed by atoms with Gasteiger partial charge in [-0.2, -0.15) is 0 Å². The van der Waals surface area contributed by atoms with Gasteiger partial charge in [-0.05, 0) is 24.1 Å². The minimum absolute atomic E-state index is 0.0836. The average molecular weight is 199 g/mol. The van der Waals surface area contributed by atoms with Gasteiger partial charge in [0.25, 0.3) is 0 Å². The molecule has 0 saturated carbocycles. The smallest absolute Gasteiger partial charge is 0.165 e. The molecule has 1 atom stereocenters. The van der Waals surface area contributed by atoms with Gasteiger partial charge in [-0.25, -0.2) is 4.39 Å². The lowest BCUT2D eigenvalue weighted by molar-refractivity contribution is 0.265. The highest BCUT2D eigenvalue weighted by molar-refractivity contribution is 5.30. The van der Waals surface area contributed by atoms with Crippen molar-refractivity contribution in [2.75, 3.05) is 13.7 Å². The van der Waals surface area contributed by atoms with Crippen LogP contribution < -0.4 is 10.5 Å². The minimum Gasteiger partial charge on any atom is -0.494 e. The summed E-state index contributed by atoms with van der Waals surface area (Å²) in [7, 11) is 1.41. The Labute approximate surface area is 82.3 Å². The maximum absolute atomic E-state index is 13.0. The Kier molecular flexibility index (Phi) is 3.85. The highest BCUT2D eigenvalue weighted by atomic mass is 19.1. The minimum atomic E-state index is -0.395. The van der Waals surface area contributed by atoms with E-state index in [2.05, 4.69) is 0 Å². The fourth-order valence-corrected chi connectivity index (χ4v) is 1.20. The zero-order valence-electron chi connectivity index (χ0n) is 8.03. The predicted molar refractivity (Wildman–Crippen MR) is 51.7 cm³/mol. The van der Waals surface area contributed by atoms with Crippen LogP contribution in [0.15, 0.2) is 18.2 Å². The number of nitrogens with two attached hydrogens (primary N) is 1. The van der Waals surface area contributed by atoms with Crippen LogP contribution in [0.25, 0.3) is 0 Å². The van der Waals surface area contributed by atoms with Gasteiger partial charge in [0.15, 0.2) is 11.6 Å². The van der Waals surface area contributed by atoms with Gasteiger partial charge < -0.3 is 15.6 Å². The van der Waals surface area contributed by atoms with Crippen molar-refractivity contribution in [1.29, 1.82) is 0 Å². The monoisotopic (exact) mass is 199 g/mol. The zero-order valence-corrected chi connectivity index (χ0v) is 8.03. The molecule has 1 unspecified atom stereocenters. The average Bonchev–Trinajstić information content (AvgIpc) is 2.20. The highest BCUT2D eigenvalue weighted by Gasteiger charge is 2.06. The molecule has 0 spiro atoms. The highest BCUT2D eigenvalue weighted by Crippen LogP contribution is 2.18. The van der Waals surface area contributed by atoms with E-state index < -0.39 is 5.82 Å². The maximum atomic E-state index is 13.0. The molecule has 0 radical (unpaired) electrons. The number of hydrogen-bond acceptors (Lipinski definition) is 3. The second-order valence-corrected chi connectivity index (χ2v) is 3.12. The molecule has 1 aromatic carbocycles. The molecule has 0 amide bonds. The molecule has 1 rings (SSSR count). The first-order valence-corrected chi connectivity index (χ1v) is 4.36. The van der Waals surface area contributed by atoms with Crippen LogP contribution in [0.3, 0.4) is 0 Å². The molecule has 0 bridgehead atoms. The summed E-state index contributed by atoms with van der Waals surface area (Å²) >= 11 is 0. The fourth-order valence-electron chi connectivity index (χ4n) is 1.20. The summed E-state index contributed by atoms with van der Waals surface area (Å²) in [6.07, 6.45) is 0.507. The van der Waals surface area contributed by atoms with Crippen LogP contribution in [-0.4, -0.2) is 24.9 Å². The number of hydrogen-bond donors (Lipinski definition) is 2. The number of benzene rings is 1. The van der Waals surface area contributed by atoms with Crippen molar-refractivity contribution in [3.8, 4) is 5.75 Å². The molecular formula is C10H14FNO2. The summed E-state index contributed by atoms with van der Waals surface area (Å²) in [5, 5.41) is 8.75. The van der Waals surface area contributed by atoms with Gasteiger partial charge in [-0.1, -0.05) is 6.07 Å². The molecule has 4 heteroatoms. The van der Waals surface area contributed by atoms with Gasteiger partial charge in [0.2, 0.25) is 0 Å². The van der Waals surface area contributed by atoms with Gasteiger partial charge in [0.1, 0.15) is 0 Å². The van der Waals surface area contributed by atoms with E-state index in [-0.39, 0.29) is 18.4 Å². The molecule has 0 heterocycles. The van der Waals surface area contributed by atoms with Crippen molar-refractivity contribution in [2.24, 2.45) is 5.73 Å². The van der Waals surface area contributed by atoms with E-state index in [9.17, 15) is 4.39 Å². The molecule has 0 fully saturated rings. The fraction of sp³-hybridized carbons (Fsp3) is 0.400. The quantitative estimate of drug-likeness (QED) is 0.750. The molecule has 3 nitrogen and oxygen atoms in total. The van der Waals surface area contributed by atoms with Gasteiger partial charge >= 0.3 is 0 Å². The number of aliphatic hydroxyl groups excluding tert-OH is 1. The first kappa shape index (κ1) is 10.9. The van der Waals surface area contributed by atoms with Gasteiger partial charge in [-0.3, -0.25) is 0 Å². The lowest BCUT2D eigenvalue weighted by atomic mass is 10.1. The Hall–Kier alpha value is -1.13. The summed E-state index contributed by atoms with van der Waals surface area (Å²) in [5.41, 5.74) is 6.40. The Morgan fingerprint density at radius 3 is 2.86 bits per heavy atom. The lowest BCUT2D eigenvalue weighted by Crippen LogP contribution is -2.26. The molecule has 0 aliphatic carbocycles. The van der Waals surface area contributed by atoms with Crippen molar-refractivity contribution in [1.82, 2.24) is 0 Å². The molecule has 0 aliphatic rings. The lowest BCUT2D eigenvalue weighted by Gasteiger charge is -2.09. The summed E-state index contributed by atoms with van der Waals surface area (Å²) in [5.74, 6) is -0.193. The van der Waals surface area contributed by atoms with Crippen molar-refractivity contribution in [3.63, 3.8) is 0 Å². The molecular weight excluding hydrogens is 185 g/mol. The Morgan fingerprint density at radius 2 is 2.29 bits per heavy atom. The molecule has 3 N–H and O–H groups in total. The van der Waals surface area contributed by atoms with Crippen molar-refractivity contribution in [3.05, 3.63) is 29.6 Å². The number of methoxy groups -OCH3 is 1. The standard InChI is InChI=1S/C10H14FNO2/c1-14-10-5-7(2-3-9(10)11)4-8(12)6-13/h2-3,5,8,13H,4,6,12H2,1H3. The van der Waals surface area contributed by atoms with Crippen LogP contribution in [0.4, 0.5) is 4.39 Å². The van der Waals surface area contributed by atoms with Crippen LogP contribution in [0.1, 0.15) is 5.56 Å². The van der Waals surface area contributed by atoms with Crippen LogP contribution in [0.5, 0.6) is 5.75 Å². The van der Waals surface area contributed by atoms with Crippen LogP contribution >= 0.6 is 0 Å². The third-order valence-corrected chi connectivity index (χ3v) is 1.95. The molecule has 1 aromatic rings. The van der Waals surface area contributed by atoms with Gasteiger partial charge in [0, 0.05) is 6.04 Å². The normalized spacial score (nSPS) is 12.6. The number of aliphatic hydroxyl groups is 1. The van der Waals surface area contributed by atoms with E-state index in [0.29, 0.717) is 6.42 Å². The van der Waals surface area contributed by atoms with E-state index in [4.69, 9.17) is 15.6 Å². The van der Waals surface area contributed by atoms with Crippen molar-refractivity contribution >= 4 is 0 Å². The topological polar surface area (TPSA) is 55.5 Å². The first-order valence-electron chi connectivity index (χ1n) is 4.36. The van der Waals surface area contributed by atoms with E-state index in [1.807, 2.05) is 0 Å². The van der Waals surface area contributed by atoms with Crippen molar-refractivity contribution < 1.29 is 14.2 Å². The van der Waals surface area contributed by atoms with E-state index in [0.717, 1.165) is 5.56 Å². The third kappa shape index (κ3) is 2.68. The van der Waals surface area contributed by atoms with Gasteiger partial charge in [0.05, 0.1) is 13.7 Å². The molecule has 14 heavy (non-hydrogen) atoms. The zero-order chi connectivity index (χ0) is 10.6. The Balaban J connectivity index is 2.79. The van der Waals surface area contributed by atoms with Gasteiger partial charge in [-0.15, -0.1) is 0 Å². The second-order valence-electron chi connectivity index (χ2n) is 3.12. The van der Waals surface area contributed by atoms with E-state index in [1.54, 1.807) is 12.1 Å². The summed E-state index contributed by atoms with van der Waals surface area (Å²) in [6, 6.07) is 4.24.